The summed E-state index contributed by atoms with van der Waals surface area (Å²) in [5.41, 5.74) is 15.8. The molecule has 0 aromatic heterocycles. The van der Waals surface area contributed by atoms with Crippen LogP contribution in [0.2, 0.25) is 0 Å². The Labute approximate surface area is 173 Å². The molecule has 0 aliphatic rings. The summed E-state index contributed by atoms with van der Waals surface area (Å²) in [6.07, 6.45) is -0.513. The van der Waals surface area contributed by atoms with Crippen molar-refractivity contribution in [3.8, 4) is 0 Å². The lowest BCUT2D eigenvalue weighted by atomic mass is 9.99. The van der Waals surface area contributed by atoms with Crippen LogP contribution in [-0.4, -0.2) is 65.3 Å². The SMILES string of the molecule is CCC(C)C(N)C(=O)NCC(=O)NC(CCC(N)=O)C(=O)NC(CC(N)=O)C(=O)O. The molecule has 0 aromatic rings. The van der Waals surface area contributed by atoms with Crippen molar-refractivity contribution in [2.45, 2.75) is 57.7 Å². The Morgan fingerprint density at radius 1 is 0.933 bits per heavy atom. The number of hydrogen-bond donors (Lipinski definition) is 7. The maximum absolute atomic E-state index is 12.4. The van der Waals surface area contributed by atoms with Crippen molar-refractivity contribution < 1.29 is 33.9 Å². The minimum absolute atomic E-state index is 0.111. The summed E-state index contributed by atoms with van der Waals surface area (Å²) in [6.45, 7) is 3.14. The van der Waals surface area contributed by atoms with Crippen LogP contribution in [0.15, 0.2) is 0 Å². The third kappa shape index (κ3) is 10.4. The molecule has 5 amide bonds. The smallest absolute Gasteiger partial charge is 0.326 e. The van der Waals surface area contributed by atoms with Gasteiger partial charge in [0.1, 0.15) is 12.1 Å². The van der Waals surface area contributed by atoms with Crippen LogP contribution in [0.5, 0.6) is 0 Å². The van der Waals surface area contributed by atoms with E-state index in [1.165, 1.54) is 0 Å². The van der Waals surface area contributed by atoms with Gasteiger partial charge in [-0.1, -0.05) is 20.3 Å². The highest BCUT2D eigenvalue weighted by Gasteiger charge is 2.28. The lowest BCUT2D eigenvalue weighted by Crippen LogP contribution is -2.54. The van der Waals surface area contributed by atoms with Crippen LogP contribution in [0, 0.1) is 5.92 Å². The van der Waals surface area contributed by atoms with Crippen LogP contribution < -0.4 is 33.2 Å². The van der Waals surface area contributed by atoms with Crippen molar-refractivity contribution in [2.24, 2.45) is 23.1 Å². The van der Waals surface area contributed by atoms with Crippen molar-refractivity contribution in [3.63, 3.8) is 0 Å². The van der Waals surface area contributed by atoms with E-state index in [9.17, 15) is 28.8 Å². The molecule has 0 saturated carbocycles. The number of hydrogen-bond acceptors (Lipinski definition) is 7. The summed E-state index contributed by atoms with van der Waals surface area (Å²) in [5.74, 6) is -5.60. The number of carboxylic acid groups (broad SMARTS) is 1. The monoisotopic (exact) mass is 430 g/mol. The van der Waals surface area contributed by atoms with Crippen molar-refractivity contribution in [2.75, 3.05) is 6.54 Å². The topological polar surface area (TPSA) is 237 Å². The first-order valence-corrected chi connectivity index (χ1v) is 9.31. The molecule has 0 rings (SSSR count). The van der Waals surface area contributed by atoms with Crippen LogP contribution in [0.1, 0.15) is 39.5 Å². The quantitative estimate of drug-likeness (QED) is 0.147. The molecule has 0 aliphatic heterocycles. The van der Waals surface area contributed by atoms with Crippen molar-refractivity contribution >= 4 is 35.5 Å². The molecule has 0 heterocycles. The van der Waals surface area contributed by atoms with E-state index in [0.29, 0.717) is 6.42 Å². The highest BCUT2D eigenvalue weighted by molar-refractivity contribution is 5.94. The first-order valence-electron chi connectivity index (χ1n) is 9.31. The molecule has 0 saturated heterocycles. The Bertz CT molecular complexity index is 669. The van der Waals surface area contributed by atoms with Gasteiger partial charge in [-0.15, -0.1) is 0 Å². The number of carbonyl (C=O) groups excluding carboxylic acids is 5. The van der Waals surface area contributed by atoms with Gasteiger partial charge in [-0.3, -0.25) is 24.0 Å². The summed E-state index contributed by atoms with van der Waals surface area (Å²) in [7, 11) is 0. The van der Waals surface area contributed by atoms with E-state index < -0.39 is 66.6 Å². The fourth-order valence-corrected chi connectivity index (χ4v) is 2.27. The molecule has 0 aliphatic carbocycles. The third-order valence-corrected chi connectivity index (χ3v) is 4.33. The van der Waals surface area contributed by atoms with E-state index in [1.807, 2.05) is 6.92 Å². The van der Waals surface area contributed by atoms with E-state index >= 15 is 0 Å². The minimum atomic E-state index is -1.61. The first kappa shape index (κ1) is 26.8. The summed E-state index contributed by atoms with van der Waals surface area (Å²) < 4.78 is 0. The molecule has 30 heavy (non-hydrogen) atoms. The van der Waals surface area contributed by atoms with E-state index in [1.54, 1.807) is 6.92 Å². The number of primary amides is 2. The normalized spacial score (nSPS) is 14.5. The highest BCUT2D eigenvalue weighted by Crippen LogP contribution is 2.05. The molecule has 0 bridgehead atoms. The van der Waals surface area contributed by atoms with E-state index in [-0.39, 0.29) is 18.8 Å². The fourth-order valence-electron chi connectivity index (χ4n) is 2.27. The Morgan fingerprint density at radius 2 is 1.53 bits per heavy atom. The number of nitrogens with one attached hydrogen (secondary N) is 3. The number of amides is 5. The molecule has 13 nitrogen and oxygen atoms in total. The van der Waals surface area contributed by atoms with Gasteiger partial charge in [-0.05, 0) is 12.3 Å². The Kier molecular flexibility index (Phi) is 11.7. The number of carboxylic acids is 1. The largest absolute Gasteiger partial charge is 0.480 e. The van der Waals surface area contributed by atoms with Gasteiger partial charge in [-0.2, -0.15) is 0 Å². The fraction of sp³-hybridized carbons (Fsp3) is 0.647. The molecule has 13 heteroatoms. The number of rotatable bonds is 14. The van der Waals surface area contributed by atoms with Crippen LogP contribution in [0.3, 0.4) is 0 Å². The first-order chi connectivity index (χ1) is 13.9. The molecule has 0 radical (unpaired) electrons. The number of nitrogens with two attached hydrogens (primary N) is 3. The summed E-state index contributed by atoms with van der Waals surface area (Å²) in [4.78, 5) is 69.6. The van der Waals surface area contributed by atoms with Gasteiger partial charge in [0.05, 0.1) is 19.0 Å². The van der Waals surface area contributed by atoms with Gasteiger partial charge in [0.25, 0.3) is 0 Å². The molecule has 0 fully saturated rings. The van der Waals surface area contributed by atoms with E-state index in [4.69, 9.17) is 22.3 Å². The Hall–Kier alpha value is -3.22. The lowest BCUT2D eigenvalue weighted by Gasteiger charge is -2.21. The zero-order valence-corrected chi connectivity index (χ0v) is 17.0. The number of carbonyl (C=O) groups is 6. The second-order valence-electron chi connectivity index (χ2n) is 6.82. The predicted molar refractivity (Wildman–Crippen MR) is 104 cm³/mol. The van der Waals surface area contributed by atoms with Crippen LogP contribution >= 0.6 is 0 Å². The second-order valence-corrected chi connectivity index (χ2v) is 6.82. The molecule has 4 unspecified atom stereocenters. The Balaban J connectivity index is 5.02. The molecular formula is C17H30N6O7. The lowest BCUT2D eigenvalue weighted by molar-refractivity contribution is -0.143. The predicted octanol–water partition coefficient (Wildman–Crippen LogP) is -3.33. The summed E-state index contributed by atoms with van der Waals surface area (Å²) >= 11 is 0. The minimum Gasteiger partial charge on any atom is -0.480 e. The molecule has 0 aromatic carbocycles. The average Bonchev–Trinajstić information content (AvgIpc) is 2.66. The van der Waals surface area contributed by atoms with Crippen molar-refractivity contribution in [1.82, 2.24) is 16.0 Å². The molecule has 170 valence electrons. The highest BCUT2D eigenvalue weighted by atomic mass is 16.4. The standard InChI is InChI=1S/C17H30N6O7/c1-3-8(2)14(20)16(28)21-7-13(26)22-9(4-5-11(18)24)15(27)23-10(17(29)30)6-12(19)25/h8-10,14H,3-7,20H2,1-2H3,(H2,18,24)(H2,19,25)(H,21,28)(H,22,26)(H,23,27)(H,29,30). The zero-order valence-electron chi connectivity index (χ0n) is 17.0. The molecule has 0 spiro atoms. The third-order valence-electron chi connectivity index (χ3n) is 4.33. The van der Waals surface area contributed by atoms with Gasteiger partial charge in [-0.25, -0.2) is 4.79 Å². The van der Waals surface area contributed by atoms with Crippen molar-refractivity contribution in [3.05, 3.63) is 0 Å². The van der Waals surface area contributed by atoms with Gasteiger partial charge in [0.15, 0.2) is 0 Å². The van der Waals surface area contributed by atoms with Crippen LogP contribution in [-0.2, 0) is 28.8 Å². The zero-order chi connectivity index (χ0) is 23.4. The van der Waals surface area contributed by atoms with Gasteiger partial charge in [0.2, 0.25) is 29.5 Å². The number of aliphatic carboxylic acids is 1. The van der Waals surface area contributed by atoms with Crippen LogP contribution in [0.25, 0.3) is 0 Å². The van der Waals surface area contributed by atoms with E-state index in [0.717, 1.165) is 0 Å². The molecule has 4 atom stereocenters. The van der Waals surface area contributed by atoms with Crippen LogP contribution in [0.4, 0.5) is 0 Å². The maximum Gasteiger partial charge on any atom is 0.326 e. The Morgan fingerprint density at radius 3 is 2.00 bits per heavy atom. The maximum atomic E-state index is 12.4. The molecular weight excluding hydrogens is 400 g/mol. The summed E-state index contributed by atoms with van der Waals surface area (Å²) in [5, 5.41) is 15.8. The molecule has 10 N–H and O–H groups in total. The van der Waals surface area contributed by atoms with Gasteiger partial charge in [0, 0.05) is 6.42 Å². The second kappa shape index (κ2) is 13.1. The van der Waals surface area contributed by atoms with Gasteiger partial charge < -0.3 is 38.3 Å². The average molecular weight is 430 g/mol. The summed E-state index contributed by atoms with van der Waals surface area (Å²) in [6, 6.07) is -3.77. The van der Waals surface area contributed by atoms with Gasteiger partial charge >= 0.3 is 5.97 Å². The van der Waals surface area contributed by atoms with E-state index in [2.05, 4.69) is 16.0 Å². The van der Waals surface area contributed by atoms with Crippen molar-refractivity contribution in [1.29, 1.82) is 0 Å².